The second-order valence-electron chi connectivity index (χ2n) is 9.13. The van der Waals surface area contributed by atoms with Gasteiger partial charge in [-0.15, -0.1) is 0 Å². The topological polar surface area (TPSA) is 97.8 Å². The number of hydrogen-bond acceptors (Lipinski definition) is 6. The van der Waals surface area contributed by atoms with E-state index in [0.29, 0.717) is 18.8 Å². The fraction of sp³-hybridized carbons (Fsp3) is 0.310. The smallest absolute Gasteiger partial charge is 0.415 e. The summed E-state index contributed by atoms with van der Waals surface area (Å²) in [6, 6.07) is 16.6. The summed E-state index contributed by atoms with van der Waals surface area (Å²) >= 11 is 29.4. The van der Waals surface area contributed by atoms with Crippen molar-refractivity contribution in [2.24, 2.45) is 0 Å². The van der Waals surface area contributed by atoms with E-state index in [2.05, 4.69) is 10.3 Å². The number of methoxy groups -OCH3 is 1. The molecule has 1 N–H and O–H groups in total. The van der Waals surface area contributed by atoms with Gasteiger partial charge >= 0.3 is 12.1 Å². The number of pyridine rings is 1. The number of esters is 1. The molecule has 0 saturated carbocycles. The second kappa shape index (κ2) is 16.2. The second-order valence-corrected chi connectivity index (χ2v) is 12.5. The van der Waals surface area contributed by atoms with E-state index in [1.165, 1.54) is 12.0 Å². The van der Waals surface area contributed by atoms with Crippen molar-refractivity contribution >= 4 is 81.8 Å². The molecule has 13 heteroatoms. The largest absolute Gasteiger partial charge is 0.467 e. The van der Waals surface area contributed by atoms with Crippen LogP contribution in [0.3, 0.4) is 0 Å². The number of hydrogen-bond donors (Lipinski definition) is 1. The molecule has 3 aromatic rings. The summed E-state index contributed by atoms with van der Waals surface area (Å²) in [7, 11) is 1.25. The molecule has 0 aliphatic rings. The Morgan fingerprint density at radius 3 is 2.19 bits per heavy atom. The van der Waals surface area contributed by atoms with Crippen LogP contribution >= 0.6 is 58.0 Å². The predicted molar refractivity (Wildman–Crippen MR) is 166 cm³/mol. The van der Waals surface area contributed by atoms with Crippen LogP contribution in [0.2, 0.25) is 10.0 Å². The molecule has 2 amide bonds. The number of nitrogens with one attached hydrogen (secondary N) is 1. The molecule has 1 aromatic heterocycles. The SMILES string of the molecule is COC(=O)C(Cc1ccc(CCCCN(C(=O)OCC(Cl)(Cl)Cl)c2ccccn2)cc1)NC(=O)c1c(Cl)cccc1Cl. The van der Waals surface area contributed by atoms with Crippen LogP contribution in [0.5, 0.6) is 0 Å². The van der Waals surface area contributed by atoms with Crippen LogP contribution in [0.4, 0.5) is 10.6 Å². The molecule has 8 nitrogen and oxygen atoms in total. The molecule has 3 rings (SSSR count). The summed E-state index contributed by atoms with van der Waals surface area (Å²) in [6.07, 6.45) is 3.28. The van der Waals surface area contributed by atoms with Gasteiger partial charge in [0.1, 0.15) is 18.5 Å². The fourth-order valence-electron chi connectivity index (χ4n) is 3.99. The number of aromatic nitrogens is 1. The van der Waals surface area contributed by atoms with Crippen LogP contribution in [0, 0.1) is 0 Å². The van der Waals surface area contributed by atoms with Gasteiger partial charge in [0.15, 0.2) is 0 Å². The van der Waals surface area contributed by atoms with Gasteiger partial charge in [0.2, 0.25) is 3.79 Å². The number of amides is 2. The number of benzene rings is 2. The molecule has 0 radical (unpaired) electrons. The number of rotatable bonds is 12. The van der Waals surface area contributed by atoms with Gasteiger partial charge in [-0.2, -0.15) is 0 Å². The highest BCUT2D eigenvalue weighted by atomic mass is 35.6. The molecule has 0 spiro atoms. The van der Waals surface area contributed by atoms with Gasteiger partial charge in [-0.3, -0.25) is 9.69 Å². The van der Waals surface area contributed by atoms with E-state index in [-0.39, 0.29) is 28.6 Å². The summed E-state index contributed by atoms with van der Waals surface area (Å²) < 4.78 is 8.32. The van der Waals surface area contributed by atoms with Gasteiger partial charge < -0.3 is 14.8 Å². The first-order chi connectivity index (χ1) is 20.0. The average molecular weight is 676 g/mol. The maximum absolute atomic E-state index is 12.8. The van der Waals surface area contributed by atoms with Crippen LogP contribution in [0.25, 0.3) is 0 Å². The molecule has 42 heavy (non-hydrogen) atoms. The molecule has 2 aromatic carbocycles. The minimum Gasteiger partial charge on any atom is -0.467 e. The lowest BCUT2D eigenvalue weighted by Crippen LogP contribution is -2.43. The van der Waals surface area contributed by atoms with Crippen molar-refractivity contribution in [1.82, 2.24) is 10.3 Å². The third-order valence-electron chi connectivity index (χ3n) is 6.05. The average Bonchev–Trinajstić information content (AvgIpc) is 2.96. The van der Waals surface area contributed by atoms with Crippen molar-refractivity contribution in [1.29, 1.82) is 0 Å². The maximum atomic E-state index is 12.8. The van der Waals surface area contributed by atoms with Crippen molar-refractivity contribution in [3.8, 4) is 0 Å². The lowest BCUT2D eigenvalue weighted by Gasteiger charge is -2.22. The number of carbonyl (C=O) groups is 3. The van der Waals surface area contributed by atoms with Gasteiger partial charge in [0, 0.05) is 19.2 Å². The number of carbonyl (C=O) groups excluding carboxylic acids is 3. The Balaban J connectivity index is 1.56. The zero-order chi connectivity index (χ0) is 30.7. The molecule has 0 fully saturated rings. The Kier molecular flexibility index (Phi) is 13.0. The predicted octanol–water partition coefficient (Wildman–Crippen LogP) is 7.24. The molecule has 1 unspecified atom stereocenters. The number of anilines is 1. The van der Waals surface area contributed by atoms with E-state index in [0.717, 1.165) is 24.0 Å². The lowest BCUT2D eigenvalue weighted by molar-refractivity contribution is -0.142. The highest BCUT2D eigenvalue weighted by Crippen LogP contribution is 2.27. The molecule has 1 heterocycles. The Bertz CT molecular complexity index is 1330. The number of unbranched alkanes of at least 4 members (excludes halogenated alkanes) is 1. The summed E-state index contributed by atoms with van der Waals surface area (Å²) in [6.45, 7) is -0.0375. The maximum Gasteiger partial charge on any atom is 0.415 e. The Hall–Kier alpha value is -2.75. The minimum absolute atomic E-state index is 0.0882. The Morgan fingerprint density at radius 2 is 1.60 bits per heavy atom. The molecule has 0 bridgehead atoms. The van der Waals surface area contributed by atoms with Crippen LogP contribution in [-0.4, -0.2) is 53.0 Å². The molecule has 224 valence electrons. The van der Waals surface area contributed by atoms with Gasteiger partial charge in [-0.05, 0) is 54.7 Å². The van der Waals surface area contributed by atoms with Crippen LogP contribution < -0.4 is 10.2 Å². The van der Waals surface area contributed by atoms with Crippen molar-refractivity contribution in [2.75, 3.05) is 25.2 Å². The zero-order valence-electron chi connectivity index (χ0n) is 22.5. The molecule has 0 aliphatic carbocycles. The first-order valence-electron chi connectivity index (χ1n) is 12.8. The van der Waals surface area contributed by atoms with Crippen molar-refractivity contribution in [3.63, 3.8) is 0 Å². The molecular formula is C29H28Cl5N3O5. The van der Waals surface area contributed by atoms with Gasteiger partial charge in [-0.25, -0.2) is 14.6 Å². The van der Waals surface area contributed by atoms with Crippen molar-refractivity contribution in [2.45, 2.75) is 35.5 Å². The molecule has 1 atom stereocenters. The number of nitrogens with zero attached hydrogens (tertiary/aromatic N) is 2. The minimum atomic E-state index is -1.72. The van der Waals surface area contributed by atoms with E-state index in [1.54, 1.807) is 42.6 Å². The summed E-state index contributed by atoms with van der Waals surface area (Å²) in [5, 5.41) is 3.02. The van der Waals surface area contributed by atoms with Crippen LogP contribution in [0.1, 0.15) is 34.3 Å². The highest BCUT2D eigenvalue weighted by molar-refractivity contribution is 6.67. The fourth-order valence-corrected chi connectivity index (χ4v) is 4.72. The van der Waals surface area contributed by atoms with E-state index >= 15 is 0 Å². The first kappa shape index (κ1) is 33.7. The summed E-state index contributed by atoms with van der Waals surface area (Å²) in [4.78, 5) is 43.5. The van der Waals surface area contributed by atoms with E-state index in [9.17, 15) is 14.4 Å². The standard InChI is InChI=1S/C29H28Cl5N3O5/c1-41-27(39)23(36-26(38)25-21(30)8-6-9-22(25)31)17-20-13-11-19(12-14-20)7-3-5-16-37(24-10-2-4-15-35-24)28(40)42-18-29(32,33)34/h2,4,6,8-15,23H,3,5,7,16-18H2,1H3,(H,36,38). The van der Waals surface area contributed by atoms with Gasteiger partial charge in [0.25, 0.3) is 5.91 Å². The lowest BCUT2D eigenvalue weighted by atomic mass is 10.0. The third kappa shape index (κ3) is 10.5. The van der Waals surface area contributed by atoms with Crippen molar-refractivity contribution < 1.29 is 23.9 Å². The first-order valence-corrected chi connectivity index (χ1v) is 14.7. The molecule has 0 saturated heterocycles. The monoisotopic (exact) mass is 673 g/mol. The van der Waals surface area contributed by atoms with E-state index < -0.39 is 27.8 Å². The third-order valence-corrected chi connectivity index (χ3v) is 7.00. The normalized spacial score (nSPS) is 11.9. The van der Waals surface area contributed by atoms with Gasteiger partial charge in [0.05, 0.1) is 22.7 Å². The number of ether oxygens (including phenoxy) is 2. The highest BCUT2D eigenvalue weighted by Gasteiger charge is 2.26. The van der Waals surface area contributed by atoms with Crippen molar-refractivity contribution in [3.05, 3.63) is 93.6 Å². The zero-order valence-corrected chi connectivity index (χ0v) is 26.3. The van der Waals surface area contributed by atoms with Crippen LogP contribution in [0.15, 0.2) is 66.9 Å². The Labute approximate surface area is 269 Å². The number of aryl methyl sites for hydroxylation is 1. The quantitative estimate of drug-likeness (QED) is 0.124. The van der Waals surface area contributed by atoms with Crippen LogP contribution in [-0.2, 0) is 27.1 Å². The summed E-state index contributed by atoms with van der Waals surface area (Å²) in [5.41, 5.74) is 1.96. The van der Waals surface area contributed by atoms with E-state index in [4.69, 9.17) is 67.5 Å². The van der Waals surface area contributed by atoms with E-state index in [1.807, 2.05) is 24.3 Å². The summed E-state index contributed by atoms with van der Waals surface area (Å²) in [5.74, 6) is -0.741. The Morgan fingerprint density at radius 1 is 0.929 bits per heavy atom. The number of alkyl halides is 3. The molecular weight excluding hydrogens is 648 g/mol. The number of halogens is 5. The molecule has 0 aliphatic heterocycles. The van der Waals surface area contributed by atoms with Gasteiger partial charge in [-0.1, -0.05) is 94.4 Å².